The number of methoxy groups -OCH3 is 1. The van der Waals surface area contributed by atoms with Crippen molar-refractivity contribution in [3.8, 4) is 5.75 Å². The van der Waals surface area contributed by atoms with Crippen LogP contribution in [0.1, 0.15) is 42.8 Å². The number of esters is 1. The van der Waals surface area contributed by atoms with E-state index in [1.807, 2.05) is 57.2 Å². The fraction of sp³-hybridized carbons (Fsp3) is 0.381. The van der Waals surface area contributed by atoms with Gasteiger partial charge >= 0.3 is 5.97 Å². The topological polar surface area (TPSA) is 56.8 Å². The van der Waals surface area contributed by atoms with Crippen LogP contribution in [0.15, 0.2) is 48.5 Å². The molecule has 5 nitrogen and oxygen atoms in total. The first kappa shape index (κ1) is 18.3. The highest BCUT2D eigenvalue weighted by molar-refractivity contribution is 5.89. The Labute approximate surface area is 154 Å². The van der Waals surface area contributed by atoms with E-state index in [0.29, 0.717) is 5.56 Å². The third-order valence-corrected chi connectivity index (χ3v) is 4.53. The molecule has 2 aromatic rings. The molecule has 26 heavy (non-hydrogen) atoms. The monoisotopic (exact) mass is 355 g/mol. The highest BCUT2D eigenvalue weighted by Crippen LogP contribution is 2.44. The summed E-state index contributed by atoms with van der Waals surface area (Å²) in [7, 11) is 1.62. The fourth-order valence-electron chi connectivity index (χ4n) is 3.26. The molecule has 0 saturated heterocycles. The summed E-state index contributed by atoms with van der Waals surface area (Å²) < 4.78 is 17.7. The minimum atomic E-state index is -0.724. The summed E-state index contributed by atoms with van der Waals surface area (Å²) in [6, 6.07) is 14.8. The zero-order chi connectivity index (χ0) is 18.7. The molecule has 2 atom stereocenters. The predicted octanol–water partition coefficient (Wildman–Crippen LogP) is 4.20. The molecule has 2 aromatic carbocycles. The van der Waals surface area contributed by atoms with Crippen LogP contribution in [0.2, 0.25) is 0 Å². The van der Waals surface area contributed by atoms with E-state index in [-0.39, 0.29) is 5.97 Å². The van der Waals surface area contributed by atoms with Gasteiger partial charge in [0.1, 0.15) is 17.5 Å². The lowest BCUT2D eigenvalue weighted by Gasteiger charge is -2.43. The lowest BCUT2D eigenvalue weighted by atomic mass is 9.87. The molecule has 0 amide bonds. The maximum absolute atomic E-state index is 12.6. The van der Waals surface area contributed by atoms with E-state index in [1.54, 1.807) is 19.2 Å². The molecule has 2 unspecified atom stereocenters. The van der Waals surface area contributed by atoms with Gasteiger partial charge in [-0.25, -0.2) is 4.79 Å². The highest BCUT2D eigenvalue weighted by Gasteiger charge is 2.47. The van der Waals surface area contributed by atoms with Crippen LogP contribution in [0, 0.1) is 0 Å². The van der Waals surface area contributed by atoms with Gasteiger partial charge in [-0.1, -0.05) is 18.2 Å². The summed E-state index contributed by atoms with van der Waals surface area (Å²) in [5.41, 5.74) is 1.63. The maximum atomic E-state index is 12.6. The van der Waals surface area contributed by atoms with E-state index in [1.165, 1.54) is 0 Å². The van der Waals surface area contributed by atoms with E-state index >= 15 is 0 Å². The Kier molecular flexibility index (Phi) is 5.18. The minimum absolute atomic E-state index is 0.388. The van der Waals surface area contributed by atoms with Gasteiger partial charge in [0.2, 0.25) is 0 Å². The van der Waals surface area contributed by atoms with Crippen molar-refractivity contribution in [3.05, 3.63) is 59.7 Å². The van der Waals surface area contributed by atoms with Crippen LogP contribution in [0.4, 0.5) is 5.69 Å². The van der Waals surface area contributed by atoms with E-state index in [2.05, 4.69) is 5.32 Å². The third-order valence-electron chi connectivity index (χ3n) is 4.53. The van der Waals surface area contributed by atoms with Crippen molar-refractivity contribution in [2.24, 2.45) is 0 Å². The first-order valence-electron chi connectivity index (χ1n) is 8.82. The zero-order valence-electron chi connectivity index (χ0n) is 15.6. The molecule has 0 saturated carbocycles. The van der Waals surface area contributed by atoms with Crippen molar-refractivity contribution in [1.82, 2.24) is 0 Å². The summed E-state index contributed by atoms with van der Waals surface area (Å²) in [6.45, 7) is 6.67. The molecular formula is C21H25NO4. The molecule has 1 N–H and O–H groups in total. The molecule has 1 aliphatic heterocycles. The van der Waals surface area contributed by atoms with E-state index in [0.717, 1.165) is 23.5 Å². The fourth-order valence-corrected chi connectivity index (χ4v) is 3.26. The molecule has 0 fully saturated rings. The van der Waals surface area contributed by atoms with E-state index in [9.17, 15) is 4.79 Å². The Morgan fingerprint density at radius 3 is 2.58 bits per heavy atom. The van der Waals surface area contributed by atoms with Crippen molar-refractivity contribution in [3.63, 3.8) is 0 Å². The molecule has 0 bridgehead atoms. The average molecular weight is 355 g/mol. The normalized spacial score (nSPS) is 20.6. The maximum Gasteiger partial charge on any atom is 0.338 e. The lowest BCUT2D eigenvalue weighted by Crippen LogP contribution is -2.51. The SMILES string of the molecule is CCNc1ccc2c(c1)C(OC)C(OC(=O)c1ccccc1)C(C)(C)O2. The van der Waals surface area contributed by atoms with Crippen LogP contribution in [0.5, 0.6) is 5.75 Å². The number of rotatable bonds is 5. The third kappa shape index (κ3) is 3.53. The molecule has 0 radical (unpaired) electrons. The van der Waals surface area contributed by atoms with Gasteiger partial charge in [0.15, 0.2) is 6.10 Å². The van der Waals surface area contributed by atoms with Crippen LogP contribution in [0.3, 0.4) is 0 Å². The number of carbonyl (C=O) groups excluding carboxylic acids is 1. The van der Waals surface area contributed by atoms with Gasteiger partial charge in [-0.05, 0) is 51.1 Å². The number of benzene rings is 2. The lowest BCUT2D eigenvalue weighted by molar-refractivity contribution is -0.129. The molecule has 3 rings (SSSR count). The van der Waals surface area contributed by atoms with Gasteiger partial charge in [0, 0.05) is 24.9 Å². The van der Waals surface area contributed by atoms with Crippen LogP contribution in [-0.4, -0.2) is 31.3 Å². The van der Waals surface area contributed by atoms with Crippen molar-refractivity contribution in [1.29, 1.82) is 0 Å². The summed E-state index contributed by atoms with van der Waals surface area (Å²) in [5, 5.41) is 3.29. The molecule has 1 aliphatic rings. The minimum Gasteiger partial charge on any atom is -0.483 e. The zero-order valence-corrected chi connectivity index (χ0v) is 15.6. The van der Waals surface area contributed by atoms with Crippen molar-refractivity contribution in [2.45, 2.75) is 38.6 Å². The number of hydrogen-bond donors (Lipinski definition) is 1. The van der Waals surface area contributed by atoms with Crippen molar-refractivity contribution < 1.29 is 19.0 Å². The van der Waals surface area contributed by atoms with Gasteiger partial charge in [0.25, 0.3) is 0 Å². The molecule has 0 aliphatic carbocycles. The quantitative estimate of drug-likeness (QED) is 0.815. The van der Waals surface area contributed by atoms with Crippen LogP contribution in [0.25, 0.3) is 0 Å². The number of fused-ring (bicyclic) bond motifs is 1. The number of nitrogens with one attached hydrogen (secondary N) is 1. The highest BCUT2D eigenvalue weighted by atomic mass is 16.6. The standard InChI is InChI=1S/C21H25NO4/c1-5-22-15-11-12-17-16(13-15)18(24-4)19(21(2,3)26-17)25-20(23)14-9-7-6-8-10-14/h6-13,18-19,22H,5H2,1-4H3. The molecule has 0 spiro atoms. The van der Waals surface area contributed by atoms with Gasteiger partial charge in [-0.2, -0.15) is 0 Å². The van der Waals surface area contributed by atoms with Gasteiger partial charge in [-0.3, -0.25) is 0 Å². The number of carbonyl (C=O) groups is 1. The van der Waals surface area contributed by atoms with E-state index in [4.69, 9.17) is 14.2 Å². The van der Waals surface area contributed by atoms with Gasteiger partial charge in [-0.15, -0.1) is 0 Å². The first-order valence-corrected chi connectivity index (χ1v) is 8.82. The average Bonchev–Trinajstić information content (AvgIpc) is 2.63. The Hall–Kier alpha value is -2.53. The molecule has 0 aromatic heterocycles. The number of anilines is 1. The molecule has 5 heteroatoms. The predicted molar refractivity (Wildman–Crippen MR) is 101 cm³/mol. The number of ether oxygens (including phenoxy) is 3. The Morgan fingerprint density at radius 1 is 1.19 bits per heavy atom. The van der Waals surface area contributed by atoms with Crippen molar-refractivity contribution >= 4 is 11.7 Å². The van der Waals surface area contributed by atoms with Crippen LogP contribution in [-0.2, 0) is 9.47 Å². The summed E-state index contributed by atoms with van der Waals surface area (Å²) >= 11 is 0. The largest absolute Gasteiger partial charge is 0.483 e. The molecular weight excluding hydrogens is 330 g/mol. The van der Waals surface area contributed by atoms with Gasteiger partial charge < -0.3 is 19.5 Å². The summed E-state index contributed by atoms with van der Waals surface area (Å²) in [6.07, 6.45) is -0.996. The van der Waals surface area contributed by atoms with E-state index < -0.39 is 17.8 Å². The summed E-state index contributed by atoms with van der Waals surface area (Å²) in [4.78, 5) is 12.6. The van der Waals surface area contributed by atoms with Gasteiger partial charge in [0.05, 0.1) is 5.56 Å². The Bertz CT molecular complexity index is 773. The second-order valence-electron chi connectivity index (χ2n) is 6.84. The molecule has 1 heterocycles. The first-order chi connectivity index (χ1) is 12.5. The summed E-state index contributed by atoms with van der Waals surface area (Å²) in [5.74, 6) is 0.358. The van der Waals surface area contributed by atoms with Crippen LogP contribution >= 0.6 is 0 Å². The number of hydrogen-bond acceptors (Lipinski definition) is 5. The second-order valence-corrected chi connectivity index (χ2v) is 6.84. The smallest absolute Gasteiger partial charge is 0.338 e. The second kappa shape index (κ2) is 7.38. The van der Waals surface area contributed by atoms with Crippen LogP contribution < -0.4 is 10.1 Å². The molecule has 138 valence electrons. The van der Waals surface area contributed by atoms with Crippen molar-refractivity contribution in [2.75, 3.05) is 19.0 Å². The Morgan fingerprint density at radius 2 is 1.92 bits per heavy atom. The Balaban J connectivity index is 1.93.